The molecule has 0 aliphatic heterocycles. The minimum Gasteiger partial charge on any atom is -0.358 e. The normalized spacial score (nSPS) is 41.6. The Morgan fingerprint density at radius 1 is 1.03 bits per heavy atom. The summed E-state index contributed by atoms with van der Waals surface area (Å²) in [4.78, 5) is 9.50. The van der Waals surface area contributed by atoms with Crippen LogP contribution in [0.4, 0.5) is 8.78 Å². The van der Waals surface area contributed by atoms with Crippen molar-refractivity contribution < 1.29 is 26.5 Å². The van der Waals surface area contributed by atoms with Crippen LogP contribution in [0.25, 0.3) is 0 Å². The first-order valence-electron chi connectivity index (χ1n) is 12.9. The molecule has 0 spiro atoms. The molecule has 0 aromatic heterocycles. The lowest BCUT2D eigenvalue weighted by Gasteiger charge is -2.62. The van der Waals surface area contributed by atoms with Crippen molar-refractivity contribution in [2.24, 2.45) is 40.4 Å². The minimum atomic E-state index is -3.92. The van der Waals surface area contributed by atoms with E-state index in [0.717, 1.165) is 19.3 Å². The first kappa shape index (κ1) is 26.8. The van der Waals surface area contributed by atoms with Crippen LogP contribution in [0.3, 0.4) is 0 Å². The summed E-state index contributed by atoms with van der Waals surface area (Å²) in [5.41, 5.74) is 0.396. The van der Waals surface area contributed by atoms with E-state index in [2.05, 4.69) is 26.1 Å². The van der Waals surface area contributed by atoms with Crippen LogP contribution in [0, 0.1) is 40.4 Å². The van der Waals surface area contributed by atoms with E-state index in [1.54, 1.807) is 0 Å². The maximum Gasteiger partial charge on any atom is 0.266 e. The highest BCUT2D eigenvalue weighted by Crippen LogP contribution is 2.70. The standard InChI is InChI=1S/C22H36F2.C3H7NO4S/c1-4-7-15-9-10-17-19-18(11-13-21(15,17)3)20(2)12-6-5-8-16(20)14-22(19,23)24;5-3-4-1-2-9(6,7)8/h15-19H,4-14H2,1-3H3;3H,1-2H2,(H,4,5)(H,6,7,8). The summed E-state index contributed by atoms with van der Waals surface area (Å²) in [6.07, 6.45) is 12.3. The SMILES string of the molecule is CCCC1CCC2C3C(CCC12C)C1(C)CCCCC1CC3(F)F.O=CNCCS(=O)(=O)O. The summed E-state index contributed by atoms with van der Waals surface area (Å²) in [5.74, 6) is -1.64. The molecule has 5 nitrogen and oxygen atoms in total. The third-order valence-electron chi connectivity index (χ3n) is 10.00. The monoisotopic (exact) mass is 491 g/mol. The molecule has 1 amide bonds. The number of amides is 1. The molecule has 0 aromatic rings. The molecule has 33 heavy (non-hydrogen) atoms. The van der Waals surface area contributed by atoms with Gasteiger partial charge in [-0.1, -0.05) is 46.5 Å². The Morgan fingerprint density at radius 3 is 2.36 bits per heavy atom. The minimum absolute atomic E-state index is 0.0532. The van der Waals surface area contributed by atoms with E-state index in [1.807, 2.05) is 0 Å². The summed E-state index contributed by atoms with van der Waals surface area (Å²) >= 11 is 0. The van der Waals surface area contributed by atoms with Gasteiger partial charge in [-0.25, -0.2) is 8.78 Å². The third kappa shape index (κ3) is 5.41. The Labute approximate surface area is 198 Å². The topological polar surface area (TPSA) is 83.5 Å². The van der Waals surface area contributed by atoms with Crippen LogP contribution in [0.15, 0.2) is 0 Å². The van der Waals surface area contributed by atoms with Gasteiger partial charge in [0.2, 0.25) is 6.41 Å². The molecular weight excluding hydrogens is 448 g/mol. The van der Waals surface area contributed by atoms with Gasteiger partial charge in [0.15, 0.2) is 0 Å². The van der Waals surface area contributed by atoms with E-state index >= 15 is 8.78 Å². The lowest BCUT2D eigenvalue weighted by molar-refractivity contribution is -0.231. The average molecular weight is 492 g/mol. The number of carbonyl (C=O) groups excluding carboxylic acids is 1. The summed E-state index contributed by atoms with van der Waals surface area (Å²) in [6.45, 7) is 6.98. The van der Waals surface area contributed by atoms with Crippen molar-refractivity contribution >= 4 is 16.5 Å². The first-order valence-corrected chi connectivity index (χ1v) is 14.5. The molecule has 4 saturated carbocycles. The quantitative estimate of drug-likeness (QED) is 0.284. The van der Waals surface area contributed by atoms with Crippen LogP contribution in [-0.2, 0) is 14.9 Å². The van der Waals surface area contributed by atoms with Gasteiger partial charge in [-0.3, -0.25) is 9.35 Å². The second-order valence-corrected chi connectivity index (χ2v) is 13.2. The molecule has 192 valence electrons. The molecule has 2 N–H and O–H groups in total. The van der Waals surface area contributed by atoms with E-state index < -0.39 is 21.8 Å². The Balaban J connectivity index is 0.000000292. The van der Waals surface area contributed by atoms with Gasteiger partial charge in [0.25, 0.3) is 16.0 Å². The summed E-state index contributed by atoms with van der Waals surface area (Å²) in [6, 6.07) is 0. The summed E-state index contributed by atoms with van der Waals surface area (Å²) in [7, 11) is -3.92. The van der Waals surface area contributed by atoms with Crippen LogP contribution in [0.1, 0.15) is 91.4 Å². The predicted molar refractivity (Wildman–Crippen MR) is 126 cm³/mol. The molecule has 4 fully saturated rings. The molecule has 4 rings (SSSR count). The van der Waals surface area contributed by atoms with Crippen LogP contribution in [0.5, 0.6) is 0 Å². The fourth-order valence-corrected chi connectivity index (χ4v) is 8.74. The van der Waals surface area contributed by atoms with Gasteiger partial charge in [-0.05, 0) is 73.0 Å². The fourth-order valence-electron chi connectivity index (χ4n) is 8.37. The average Bonchev–Trinajstić information content (AvgIpc) is 3.05. The van der Waals surface area contributed by atoms with Gasteiger partial charge in [-0.15, -0.1) is 0 Å². The van der Waals surface area contributed by atoms with Crippen molar-refractivity contribution in [2.75, 3.05) is 12.3 Å². The van der Waals surface area contributed by atoms with E-state index in [4.69, 9.17) is 4.55 Å². The Morgan fingerprint density at radius 2 is 1.73 bits per heavy atom. The largest absolute Gasteiger partial charge is 0.358 e. The van der Waals surface area contributed by atoms with Crippen molar-refractivity contribution in [3.8, 4) is 0 Å². The van der Waals surface area contributed by atoms with E-state index in [1.165, 1.54) is 44.9 Å². The van der Waals surface area contributed by atoms with Gasteiger partial charge in [-0.2, -0.15) is 8.42 Å². The van der Waals surface area contributed by atoms with Crippen LogP contribution in [0.2, 0.25) is 0 Å². The molecule has 4 aliphatic rings. The number of carbonyl (C=O) groups is 1. The van der Waals surface area contributed by atoms with Crippen molar-refractivity contribution in [3.63, 3.8) is 0 Å². The highest BCUT2D eigenvalue weighted by molar-refractivity contribution is 7.85. The first-order chi connectivity index (χ1) is 15.4. The Bertz CT molecular complexity index is 791. The molecule has 7 atom stereocenters. The molecule has 0 radical (unpaired) electrons. The summed E-state index contributed by atoms with van der Waals surface area (Å²) in [5, 5.41) is 2.09. The lowest BCUT2D eigenvalue weighted by Crippen LogP contribution is -2.60. The fraction of sp³-hybridized carbons (Fsp3) is 0.960. The predicted octanol–water partition coefficient (Wildman–Crippen LogP) is 5.70. The number of fused-ring (bicyclic) bond motifs is 5. The zero-order valence-corrected chi connectivity index (χ0v) is 21.3. The molecule has 8 heteroatoms. The van der Waals surface area contributed by atoms with E-state index in [9.17, 15) is 13.2 Å². The highest BCUT2D eigenvalue weighted by Gasteiger charge is 2.67. The van der Waals surface area contributed by atoms with Gasteiger partial charge in [0.1, 0.15) is 0 Å². The van der Waals surface area contributed by atoms with Crippen molar-refractivity contribution in [1.29, 1.82) is 0 Å². The third-order valence-corrected chi connectivity index (χ3v) is 10.7. The second-order valence-electron chi connectivity index (χ2n) is 11.6. The van der Waals surface area contributed by atoms with Crippen LogP contribution < -0.4 is 5.32 Å². The molecule has 0 saturated heterocycles. The van der Waals surface area contributed by atoms with E-state index in [0.29, 0.717) is 12.3 Å². The number of hydrogen-bond acceptors (Lipinski definition) is 3. The lowest BCUT2D eigenvalue weighted by atomic mass is 9.44. The van der Waals surface area contributed by atoms with Gasteiger partial charge in [0.05, 0.1) is 5.75 Å². The second kappa shape index (κ2) is 10.1. The smallest absolute Gasteiger partial charge is 0.266 e. The van der Waals surface area contributed by atoms with Crippen molar-refractivity contribution in [2.45, 2.75) is 97.3 Å². The number of hydrogen-bond donors (Lipinski definition) is 2. The van der Waals surface area contributed by atoms with Crippen molar-refractivity contribution in [1.82, 2.24) is 5.32 Å². The zero-order chi connectivity index (χ0) is 24.5. The molecule has 4 aliphatic carbocycles. The Kier molecular flexibility index (Phi) is 8.20. The number of halogens is 2. The maximum absolute atomic E-state index is 15.4. The number of alkyl halides is 2. The number of nitrogens with one attached hydrogen (secondary N) is 1. The van der Waals surface area contributed by atoms with Crippen molar-refractivity contribution in [3.05, 3.63) is 0 Å². The highest BCUT2D eigenvalue weighted by atomic mass is 32.2. The summed E-state index contributed by atoms with van der Waals surface area (Å²) < 4.78 is 58.7. The Hall–Kier alpha value is -0.760. The number of rotatable bonds is 6. The zero-order valence-electron chi connectivity index (χ0n) is 20.5. The molecule has 0 bridgehead atoms. The van der Waals surface area contributed by atoms with Crippen LogP contribution >= 0.6 is 0 Å². The molecule has 0 aromatic carbocycles. The van der Waals surface area contributed by atoms with Gasteiger partial charge in [0, 0.05) is 18.9 Å². The van der Waals surface area contributed by atoms with Gasteiger partial charge >= 0.3 is 0 Å². The van der Waals surface area contributed by atoms with E-state index in [-0.39, 0.29) is 47.5 Å². The maximum atomic E-state index is 15.4. The molecule has 0 heterocycles. The molecular formula is C25H43F2NO4S. The molecule has 7 unspecified atom stereocenters. The van der Waals surface area contributed by atoms with Crippen LogP contribution in [-0.4, -0.2) is 37.6 Å². The van der Waals surface area contributed by atoms with Gasteiger partial charge < -0.3 is 5.32 Å².